The van der Waals surface area contributed by atoms with E-state index in [1.165, 1.54) is 11.3 Å². The lowest BCUT2D eigenvalue weighted by Gasteiger charge is -2.14. The molecule has 5 nitrogen and oxygen atoms in total. The average molecular weight is 291 g/mol. The van der Waals surface area contributed by atoms with Crippen molar-refractivity contribution < 1.29 is 8.42 Å². The lowest BCUT2D eigenvalue weighted by atomic mass is 9.93. The summed E-state index contributed by atoms with van der Waals surface area (Å²) in [5.41, 5.74) is 0.834. The Balaban J connectivity index is 2.64. The Labute approximate surface area is 113 Å². The zero-order valence-electron chi connectivity index (χ0n) is 11.3. The number of sulfonamides is 1. The van der Waals surface area contributed by atoms with E-state index in [1.54, 1.807) is 0 Å². The third-order valence-electron chi connectivity index (χ3n) is 2.31. The van der Waals surface area contributed by atoms with Crippen molar-refractivity contribution in [3.05, 3.63) is 11.1 Å². The Hall–Kier alpha value is -0.660. The van der Waals surface area contributed by atoms with Crippen molar-refractivity contribution in [2.24, 2.45) is 0 Å². The van der Waals surface area contributed by atoms with Crippen LogP contribution < -0.4 is 10.0 Å². The molecule has 0 aliphatic rings. The van der Waals surface area contributed by atoms with E-state index in [9.17, 15) is 8.42 Å². The number of aromatic nitrogens is 1. The van der Waals surface area contributed by atoms with Gasteiger partial charge >= 0.3 is 0 Å². The van der Waals surface area contributed by atoms with Crippen LogP contribution in [-0.4, -0.2) is 32.2 Å². The van der Waals surface area contributed by atoms with E-state index in [0.29, 0.717) is 11.7 Å². The molecule has 0 aromatic carbocycles. The van der Waals surface area contributed by atoms with E-state index in [4.69, 9.17) is 0 Å². The number of anilines is 1. The summed E-state index contributed by atoms with van der Waals surface area (Å²) in [6.07, 6.45) is 0. The molecule has 1 rings (SSSR count). The van der Waals surface area contributed by atoms with Crippen molar-refractivity contribution in [3.63, 3.8) is 0 Å². The van der Waals surface area contributed by atoms with Crippen LogP contribution in [0.15, 0.2) is 5.38 Å². The van der Waals surface area contributed by atoms with Crippen LogP contribution in [0.3, 0.4) is 0 Å². The highest BCUT2D eigenvalue weighted by Crippen LogP contribution is 2.26. The summed E-state index contributed by atoms with van der Waals surface area (Å²) in [5.74, 6) is 0.0608. The minimum absolute atomic E-state index is 0.0608. The van der Waals surface area contributed by atoms with Gasteiger partial charge in [-0.2, -0.15) is 0 Å². The van der Waals surface area contributed by atoms with Crippen molar-refractivity contribution in [2.75, 3.05) is 23.6 Å². The van der Waals surface area contributed by atoms with Gasteiger partial charge in [-0.05, 0) is 6.54 Å². The number of nitrogens with one attached hydrogen (secondary N) is 2. The molecule has 0 bridgehead atoms. The van der Waals surface area contributed by atoms with Crippen LogP contribution in [0.25, 0.3) is 0 Å². The summed E-state index contributed by atoms with van der Waals surface area (Å²) in [6.45, 7) is 9.29. The smallest absolute Gasteiger partial charge is 0.235 e. The Morgan fingerprint density at radius 1 is 1.39 bits per heavy atom. The number of hydrogen-bond donors (Lipinski definition) is 2. The monoisotopic (exact) mass is 291 g/mol. The van der Waals surface area contributed by atoms with E-state index < -0.39 is 10.0 Å². The van der Waals surface area contributed by atoms with Crippen LogP contribution in [0.2, 0.25) is 0 Å². The SMILES string of the molecule is CCNCCS(=O)(=O)Nc1nc(C(C)(C)C)cs1. The number of nitrogens with zero attached hydrogens (tertiary/aromatic N) is 1. The molecule has 2 N–H and O–H groups in total. The van der Waals surface area contributed by atoms with Gasteiger partial charge < -0.3 is 5.32 Å². The molecule has 104 valence electrons. The number of rotatable bonds is 6. The van der Waals surface area contributed by atoms with Crippen LogP contribution in [-0.2, 0) is 15.4 Å². The summed E-state index contributed by atoms with van der Waals surface area (Å²) in [4.78, 5) is 4.30. The third kappa shape index (κ3) is 4.91. The Morgan fingerprint density at radius 2 is 2.06 bits per heavy atom. The van der Waals surface area contributed by atoms with Gasteiger partial charge in [0.1, 0.15) is 0 Å². The van der Waals surface area contributed by atoms with Crippen LogP contribution in [0, 0.1) is 0 Å². The molecule has 0 fully saturated rings. The van der Waals surface area contributed by atoms with Gasteiger partial charge in [0.15, 0.2) is 5.13 Å². The van der Waals surface area contributed by atoms with E-state index in [2.05, 4.69) is 15.0 Å². The summed E-state index contributed by atoms with van der Waals surface area (Å²) in [5, 5.41) is 5.32. The first kappa shape index (κ1) is 15.4. The maximum Gasteiger partial charge on any atom is 0.235 e. The van der Waals surface area contributed by atoms with Gasteiger partial charge in [-0.25, -0.2) is 13.4 Å². The number of thiazole rings is 1. The summed E-state index contributed by atoms with van der Waals surface area (Å²) < 4.78 is 26.0. The van der Waals surface area contributed by atoms with Gasteiger partial charge in [0, 0.05) is 17.3 Å². The highest BCUT2D eigenvalue weighted by atomic mass is 32.2. The van der Waals surface area contributed by atoms with Gasteiger partial charge in [0.05, 0.1) is 11.4 Å². The fourth-order valence-electron chi connectivity index (χ4n) is 1.23. The molecule has 0 aliphatic carbocycles. The second kappa shape index (κ2) is 5.99. The molecular weight excluding hydrogens is 270 g/mol. The lowest BCUT2D eigenvalue weighted by molar-refractivity contribution is 0.573. The predicted molar refractivity (Wildman–Crippen MR) is 76.8 cm³/mol. The minimum Gasteiger partial charge on any atom is -0.316 e. The molecule has 1 aromatic heterocycles. The number of hydrogen-bond acceptors (Lipinski definition) is 5. The van der Waals surface area contributed by atoms with Crippen LogP contribution in [0.1, 0.15) is 33.4 Å². The average Bonchev–Trinajstić information content (AvgIpc) is 2.65. The fourth-order valence-corrected chi connectivity index (χ4v) is 3.41. The Morgan fingerprint density at radius 3 is 2.56 bits per heavy atom. The first-order chi connectivity index (χ1) is 8.24. The first-order valence-electron chi connectivity index (χ1n) is 5.92. The van der Waals surface area contributed by atoms with E-state index in [1.807, 2.05) is 33.1 Å². The van der Waals surface area contributed by atoms with E-state index >= 15 is 0 Å². The predicted octanol–water partition coefficient (Wildman–Crippen LogP) is 1.79. The molecule has 0 saturated heterocycles. The van der Waals surface area contributed by atoms with Gasteiger partial charge in [0.2, 0.25) is 10.0 Å². The van der Waals surface area contributed by atoms with Gasteiger partial charge in [0.25, 0.3) is 0 Å². The Kier molecular flexibility index (Phi) is 5.12. The molecule has 0 amide bonds. The second-order valence-corrected chi connectivity index (χ2v) is 7.76. The van der Waals surface area contributed by atoms with Crippen molar-refractivity contribution in [3.8, 4) is 0 Å². The van der Waals surface area contributed by atoms with Crippen molar-refractivity contribution in [1.82, 2.24) is 10.3 Å². The molecule has 0 unspecified atom stereocenters. The second-order valence-electron chi connectivity index (χ2n) is 5.06. The quantitative estimate of drug-likeness (QED) is 0.784. The highest BCUT2D eigenvalue weighted by Gasteiger charge is 2.19. The molecular formula is C11H21N3O2S2. The zero-order valence-corrected chi connectivity index (χ0v) is 12.9. The largest absolute Gasteiger partial charge is 0.316 e. The minimum atomic E-state index is -3.30. The molecule has 1 aromatic rings. The van der Waals surface area contributed by atoms with Gasteiger partial charge in [-0.1, -0.05) is 27.7 Å². The summed E-state index contributed by atoms with van der Waals surface area (Å²) in [7, 11) is -3.30. The van der Waals surface area contributed by atoms with Gasteiger partial charge in [-0.15, -0.1) is 11.3 Å². The fraction of sp³-hybridized carbons (Fsp3) is 0.727. The lowest BCUT2D eigenvalue weighted by Crippen LogP contribution is -2.26. The van der Waals surface area contributed by atoms with Gasteiger partial charge in [-0.3, -0.25) is 4.72 Å². The van der Waals surface area contributed by atoms with Crippen molar-refractivity contribution in [1.29, 1.82) is 0 Å². The molecule has 0 spiro atoms. The standard InChI is InChI=1S/C11H21N3O2S2/c1-5-12-6-7-18(15,16)14-10-13-9(8-17-10)11(2,3)4/h8,12H,5-7H2,1-4H3,(H,13,14). The van der Waals surface area contributed by atoms with E-state index in [-0.39, 0.29) is 11.2 Å². The summed E-state index contributed by atoms with van der Waals surface area (Å²) >= 11 is 1.32. The van der Waals surface area contributed by atoms with Crippen LogP contribution in [0.5, 0.6) is 0 Å². The molecule has 1 heterocycles. The molecule has 0 aliphatic heterocycles. The summed E-state index contributed by atoms with van der Waals surface area (Å²) in [6, 6.07) is 0. The van der Waals surface area contributed by atoms with Crippen molar-refractivity contribution in [2.45, 2.75) is 33.1 Å². The van der Waals surface area contributed by atoms with Crippen LogP contribution in [0.4, 0.5) is 5.13 Å². The molecule has 7 heteroatoms. The van der Waals surface area contributed by atoms with Crippen molar-refractivity contribution >= 4 is 26.5 Å². The molecule has 0 atom stereocenters. The zero-order chi connectivity index (χ0) is 13.8. The Bertz CT molecular complexity index is 475. The third-order valence-corrected chi connectivity index (χ3v) is 4.45. The van der Waals surface area contributed by atoms with E-state index in [0.717, 1.165) is 12.2 Å². The maximum absolute atomic E-state index is 11.7. The topological polar surface area (TPSA) is 71.1 Å². The molecule has 0 saturated carbocycles. The highest BCUT2D eigenvalue weighted by molar-refractivity contribution is 7.92. The maximum atomic E-state index is 11.7. The normalized spacial score (nSPS) is 12.7. The molecule has 18 heavy (non-hydrogen) atoms. The van der Waals surface area contributed by atoms with Crippen LogP contribution >= 0.6 is 11.3 Å². The first-order valence-corrected chi connectivity index (χ1v) is 8.45. The molecule has 0 radical (unpaired) electrons.